The average Bonchev–Trinajstić information content (AvgIpc) is 2.52. The number of unbranched alkanes of at least 4 members (excludes halogenated alkanes) is 6. The number of ether oxygens (including phenoxy) is 2. The summed E-state index contributed by atoms with van der Waals surface area (Å²) in [5.41, 5.74) is 0.907. The number of carbonyl (C=O) groups excluding carboxylic acids is 1. The highest BCUT2D eigenvalue weighted by atomic mass is 35.5. The molecule has 130 valence electrons. The molecule has 0 aliphatic heterocycles. The van der Waals surface area contributed by atoms with Gasteiger partial charge in [-0.25, -0.2) is 4.79 Å². The molecule has 1 unspecified atom stereocenters. The molecular weight excluding hydrogens is 312 g/mol. The van der Waals surface area contributed by atoms with Crippen LogP contribution in [-0.2, 0) is 9.53 Å². The second-order valence-electron chi connectivity index (χ2n) is 5.96. The SMILES string of the molecule is CCCCCCCCCOC(=O)C(C)Oc1ccc(Cl)cc1C. The molecule has 0 heterocycles. The smallest absolute Gasteiger partial charge is 0.347 e. The molecule has 1 atom stereocenters. The van der Waals surface area contributed by atoms with Gasteiger partial charge in [0.05, 0.1) is 6.61 Å². The van der Waals surface area contributed by atoms with Crippen LogP contribution in [0.25, 0.3) is 0 Å². The first-order valence-electron chi connectivity index (χ1n) is 8.64. The lowest BCUT2D eigenvalue weighted by Gasteiger charge is -2.15. The lowest BCUT2D eigenvalue weighted by atomic mass is 10.1. The molecule has 23 heavy (non-hydrogen) atoms. The van der Waals surface area contributed by atoms with E-state index in [4.69, 9.17) is 21.1 Å². The summed E-state index contributed by atoms with van der Waals surface area (Å²) < 4.78 is 10.9. The van der Waals surface area contributed by atoms with Crippen molar-refractivity contribution in [2.24, 2.45) is 0 Å². The van der Waals surface area contributed by atoms with Crippen molar-refractivity contribution in [3.8, 4) is 5.75 Å². The van der Waals surface area contributed by atoms with E-state index in [9.17, 15) is 4.79 Å². The fourth-order valence-corrected chi connectivity index (χ4v) is 2.56. The number of esters is 1. The molecule has 1 aromatic rings. The topological polar surface area (TPSA) is 35.5 Å². The van der Waals surface area contributed by atoms with E-state index in [0.29, 0.717) is 17.4 Å². The van der Waals surface area contributed by atoms with E-state index >= 15 is 0 Å². The van der Waals surface area contributed by atoms with Gasteiger partial charge in [-0.2, -0.15) is 0 Å². The van der Waals surface area contributed by atoms with Gasteiger partial charge in [-0.1, -0.05) is 57.0 Å². The molecule has 1 rings (SSSR count). The molecule has 0 aliphatic carbocycles. The van der Waals surface area contributed by atoms with Crippen molar-refractivity contribution in [1.82, 2.24) is 0 Å². The predicted octanol–water partition coefficient (Wildman–Crippen LogP) is 5.71. The Morgan fingerprint density at radius 2 is 1.78 bits per heavy atom. The summed E-state index contributed by atoms with van der Waals surface area (Å²) in [6.07, 6.45) is 7.80. The fraction of sp³-hybridized carbons (Fsp3) is 0.632. The Balaban J connectivity index is 2.19. The van der Waals surface area contributed by atoms with Crippen LogP contribution in [0.4, 0.5) is 0 Å². The van der Waals surface area contributed by atoms with E-state index in [1.165, 1.54) is 32.1 Å². The molecule has 4 heteroatoms. The maximum Gasteiger partial charge on any atom is 0.347 e. The van der Waals surface area contributed by atoms with E-state index in [1.54, 1.807) is 19.1 Å². The fourth-order valence-electron chi connectivity index (χ4n) is 2.33. The van der Waals surface area contributed by atoms with Gasteiger partial charge in [-0.3, -0.25) is 0 Å². The average molecular weight is 341 g/mol. The maximum absolute atomic E-state index is 11.9. The molecule has 3 nitrogen and oxygen atoms in total. The minimum absolute atomic E-state index is 0.315. The molecule has 0 aliphatic rings. The third-order valence-electron chi connectivity index (χ3n) is 3.76. The number of carbonyl (C=O) groups is 1. The maximum atomic E-state index is 11.9. The van der Waals surface area contributed by atoms with Gasteiger partial charge >= 0.3 is 5.97 Å². The van der Waals surface area contributed by atoms with Crippen LogP contribution in [0.3, 0.4) is 0 Å². The highest BCUT2D eigenvalue weighted by Gasteiger charge is 2.17. The number of hydrogen-bond acceptors (Lipinski definition) is 3. The van der Waals surface area contributed by atoms with Crippen molar-refractivity contribution in [1.29, 1.82) is 0 Å². The van der Waals surface area contributed by atoms with Crippen LogP contribution >= 0.6 is 11.6 Å². The van der Waals surface area contributed by atoms with E-state index in [0.717, 1.165) is 18.4 Å². The zero-order valence-electron chi connectivity index (χ0n) is 14.6. The molecule has 0 amide bonds. The summed E-state index contributed by atoms with van der Waals surface area (Å²) in [4.78, 5) is 11.9. The van der Waals surface area contributed by atoms with Crippen LogP contribution in [0.1, 0.15) is 64.4 Å². The van der Waals surface area contributed by atoms with Crippen LogP contribution in [0.5, 0.6) is 5.75 Å². The quantitative estimate of drug-likeness (QED) is 0.382. The van der Waals surface area contributed by atoms with Crippen LogP contribution in [0.2, 0.25) is 5.02 Å². The molecule has 0 radical (unpaired) electrons. The molecule has 0 spiro atoms. The van der Waals surface area contributed by atoms with Gasteiger partial charge in [0.15, 0.2) is 6.10 Å². The zero-order chi connectivity index (χ0) is 17.1. The number of rotatable bonds is 11. The Labute approximate surface area is 145 Å². The third kappa shape index (κ3) is 8.26. The van der Waals surface area contributed by atoms with Gasteiger partial charge in [0, 0.05) is 5.02 Å². The van der Waals surface area contributed by atoms with Crippen LogP contribution in [0, 0.1) is 6.92 Å². The van der Waals surface area contributed by atoms with E-state index < -0.39 is 6.10 Å². The Kier molecular flexibility index (Phi) is 9.77. The van der Waals surface area contributed by atoms with Gasteiger partial charge in [0.1, 0.15) is 5.75 Å². The van der Waals surface area contributed by atoms with Crippen LogP contribution in [-0.4, -0.2) is 18.7 Å². The van der Waals surface area contributed by atoms with Crippen molar-refractivity contribution in [3.05, 3.63) is 28.8 Å². The normalized spacial score (nSPS) is 12.0. The largest absolute Gasteiger partial charge is 0.479 e. The van der Waals surface area contributed by atoms with Gasteiger partial charge in [0.2, 0.25) is 0 Å². The number of halogens is 1. The Morgan fingerprint density at radius 3 is 2.43 bits per heavy atom. The number of aryl methyl sites for hydroxylation is 1. The molecule has 1 aromatic carbocycles. The van der Waals surface area contributed by atoms with Gasteiger partial charge in [-0.15, -0.1) is 0 Å². The molecule has 0 aromatic heterocycles. The monoisotopic (exact) mass is 340 g/mol. The van der Waals surface area contributed by atoms with E-state index in [-0.39, 0.29) is 5.97 Å². The molecule has 0 bridgehead atoms. The summed E-state index contributed by atoms with van der Waals surface area (Å²) in [6, 6.07) is 5.34. The third-order valence-corrected chi connectivity index (χ3v) is 4.00. The summed E-state index contributed by atoms with van der Waals surface area (Å²) in [5.74, 6) is 0.347. The van der Waals surface area contributed by atoms with Gasteiger partial charge < -0.3 is 9.47 Å². The minimum Gasteiger partial charge on any atom is -0.479 e. The molecule has 0 saturated heterocycles. The summed E-state index contributed by atoms with van der Waals surface area (Å²) in [5, 5.41) is 0.656. The lowest BCUT2D eigenvalue weighted by molar-refractivity contribution is -0.151. The lowest BCUT2D eigenvalue weighted by Crippen LogP contribution is -2.26. The summed E-state index contributed by atoms with van der Waals surface area (Å²) >= 11 is 5.91. The number of hydrogen-bond donors (Lipinski definition) is 0. The second kappa shape index (κ2) is 11.3. The van der Waals surface area contributed by atoms with Crippen molar-refractivity contribution >= 4 is 17.6 Å². The first-order chi connectivity index (χ1) is 11.0. The second-order valence-corrected chi connectivity index (χ2v) is 6.40. The Bertz CT molecular complexity index is 474. The standard InChI is InChI=1S/C19H29ClO3/c1-4-5-6-7-8-9-10-13-22-19(21)16(3)23-18-12-11-17(20)14-15(18)2/h11-12,14,16H,4-10,13H2,1-3H3. The highest BCUT2D eigenvalue weighted by Crippen LogP contribution is 2.23. The first-order valence-corrected chi connectivity index (χ1v) is 9.01. The molecule has 0 N–H and O–H groups in total. The Hall–Kier alpha value is -1.22. The first kappa shape index (κ1) is 19.8. The van der Waals surface area contributed by atoms with Crippen LogP contribution < -0.4 is 4.74 Å². The minimum atomic E-state index is -0.612. The van der Waals surface area contributed by atoms with Crippen molar-refractivity contribution in [3.63, 3.8) is 0 Å². The predicted molar refractivity (Wildman–Crippen MR) is 95.2 cm³/mol. The Morgan fingerprint density at radius 1 is 1.13 bits per heavy atom. The van der Waals surface area contributed by atoms with Crippen molar-refractivity contribution in [2.75, 3.05) is 6.61 Å². The van der Waals surface area contributed by atoms with Gasteiger partial charge in [0.25, 0.3) is 0 Å². The van der Waals surface area contributed by atoms with Crippen molar-refractivity contribution in [2.45, 2.75) is 71.8 Å². The molecule has 0 fully saturated rings. The zero-order valence-corrected chi connectivity index (χ0v) is 15.3. The summed E-state index contributed by atoms with van der Waals surface area (Å²) in [7, 11) is 0. The van der Waals surface area contributed by atoms with E-state index in [2.05, 4.69) is 6.92 Å². The van der Waals surface area contributed by atoms with Crippen LogP contribution in [0.15, 0.2) is 18.2 Å². The van der Waals surface area contributed by atoms with Gasteiger partial charge in [-0.05, 0) is 44.0 Å². The summed E-state index contributed by atoms with van der Waals surface area (Å²) in [6.45, 7) is 6.30. The van der Waals surface area contributed by atoms with E-state index in [1.807, 2.05) is 13.0 Å². The highest BCUT2D eigenvalue weighted by molar-refractivity contribution is 6.30. The molecular formula is C19H29ClO3. The number of benzene rings is 1. The molecule has 0 saturated carbocycles. The van der Waals surface area contributed by atoms with Crippen molar-refractivity contribution < 1.29 is 14.3 Å².